The molecule has 1 aliphatic rings. The highest BCUT2D eigenvalue weighted by Crippen LogP contribution is 2.31. The predicted octanol–water partition coefficient (Wildman–Crippen LogP) is 3.85. The molecule has 0 aromatic carbocycles. The first-order valence-electron chi connectivity index (χ1n) is 8.51. The second-order valence-electron chi connectivity index (χ2n) is 6.08. The van der Waals surface area contributed by atoms with Gasteiger partial charge in [0, 0.05) is 26.2 Å². The fourth-order valence-corrected chi connectivity index (χ4v) is 3.39. The maximum absolute atomic E-state index is 6.29. The zero-order valence-corrected chi connectivity index (χ0v) is 16.4. The molecule has 1 unspecified atom stereocenters. The summed E-state index contributed by atoms with van der Waals surface area (Å²) in [7, 11) is 2.12. The topological polar surface area (TPSA) is 53.1 Å². The molecule has 130 valence electrons. The molecule has 0 bridgehead atoms. The molecule has 7 heteroatoms. The number of anilines is 1. The van der Waals surface area contributed by atoms with E-state index in [9.17, 15) is 0 Å². The Balaban J connectivity index is 1.98. The molecule has 1 atom stereocenters. The van der Waals surface area contributed by atoms with Crippen LogP contribution in [0, 0.1) is 0 Å². The summed E-state index contributed by atoms with van der Waals surface area (Å²) in [6.07, 6.45) is 6.26. The molecular weight excluding hydrogens is 378 g/mol. The van der Waals surface area contributed by atoms with Crippen LogP contribution in [-0.2, 0) is 0 Å². The van der Waals surface area contributed by atoms with E-state index in [1.165, 1.54) is 25.7 Å². The highest BCUT2D eigenvalue weighted by molar-refractivity contribution is 9.10. The second-order valence-corrected chi connectivity index (χ2v) is 7.23. The summed E-state index contributed by atoms with van der Waals surface area (Å²) in [4.78, 5) is 11.4. The second kappa shape index (κ2) is 9.77. The number of rotatable bonds is 8. The molecule has 23 heavy (non-hydrogen) atoms. The van der Waals surface area contributed by atoms with Crippen molar-refractivity contribution in [2.24, 2.45) is 0 Å². The Morgan fingerprint density at radius 1 is 1.30 bits per heavy atom. The van der Waals surface area contributed by atoms with Crippen LogP contribution in [-0.4, -0.2) is 48.1 Å². The van der Waals surface area contributed by atoms with Crippen molar-refractivity contribution >= 4 is 33.5 Å². The molecule has 0 aliphatic carbocycles. The minimum absolute atomic E-state index is 0.212. The van der Waals surface area contributed by atoms with Crippen molar-refractivity contribution in [3.63, 3.8) is 0 Å². The van der Waals surface area contributed by atoms with Gasteiger partial charge in [0.1, 0.15) is 5.15 Å². The van der Waals surface area contributed by atoms with Crippen LogP contribution in [0.25, 0.3) is 0 Å². The largest absolute Gasteiger partial charge is 0.354 e. The minimum atomic E-state index is 0.212. The first-order chi connectivity index (χ1) is 11.1. The first-order valence-corrected chi connectivity index (χ1v) is 9.68. The lowest BCUT2D eigenvalue weighted by molar-refractivity contribution is 0.198. The molecule has 2 heterocycles. The van der Waals surface area contributed by atoms with Crippen LogP contribution < -0.4 is 10.6 Å². The number of piperazine rings is 1. The predicted molar refractivity (Wildman–Crippen MR) is 100 cm³/mol. The maximum atomic E-state index is 6.29. The van der Waals surface area contributed by atoms with Crippen molar-refractivity contribution in [3.8, 4) is 0 Å². The summed E-state index contributed by atoms with van der Waals surface area (Å²) in [5.41, 5.74) is 0.952. The van der Waals surface area contributed by atoms with Crippen LogP contribution in [0.15, 0.2) is 4.47 Å². The van der Waals surface area contributed by atoms with Gasteiger partial charge in [-0.1, -0.05) is 44.2 Å². The third-order valence-electron chi connectivity index (χ3n) is 4.23. The molecular formula is C16H27BrClN5. The van der Waals surface area contributed by atoms with E-state index >= 15 is 0 Å². The lowest BCUT2D eigenvalue weighted by Crippen LogP contribution is -2.44. The number of hydrogen-bond donors (Lipinski definition) is 2. The summed E-state index contributed by atoms with van der Waals surface area (Å²) in [6, 6.07) is 0.212. The molecule has 1 aliphatic heterocycles. The summed E-state index contributed by atoms with van der Waals surface area (Å²) in [5, 5.41) is 7.21. The normalized spacial score (nSPS) is 19.0. The molecule has 2 N–H and O–H groups in total. The Morgan fingerprint density at radius 3 is 2.83 bits per heavy atom. The van der Waals surface area contributed by atoms with E-state index in [0.717, 1.165) is 42.8 Å². The zero-order valence-electron chi connectivity index (χ0n) is 14.0. The zero-order chi connectivity index (χ0) is 16.7. The van der Waals surface area contributed by atoms with Gasteiger partial charge in [0.2, 0.25) is 5.95 Å². The van der Waals surface area contributed by atoms with E-state index in [-0.39, 0.29) is 6.04 Å². The van der Waals surface area contributed by atoms with E-state index in [0.29, 0.717) is 11.1 Å². The summed E-state index contributed by atoms with van der Waals surface area (Å²) < 4.78 is 0.799. The third kappa shape index (κ3) is 5.55. The molecule has 5 nitrogen and oxygen atoms in total. The van der Waals surface area contributed by atoms with Gasteiger partial charge in [0.25, 0.3) is 0 Å². The Bertz CT molecular complexity index is 500. The van der Waals surface area contributed by atoms with Crippen LogP contribution in [0.3, 0.4) is 0 Å². The van der Waals surface area contributed by atoms with Crippen molar-refractivity contribution in [3.05, 3.63) is 15.3 Å². The quantitative estimate of drug-likeness (QED) is 0.509. The maximum Gasteiger partial charge on any atom is 0.224 e. The molecule has 1 aromatic heterocycles. The molecule has 1 saturated heterocycles. The highest BCUT2D eigenvalue weighted by Gasteiger charge is 2.26. The number of nitrogens with zero attached hydrogens (tertiary/aromatic N) is 3. The van der Waals surface area contributed by atoms with Gasteiger partial charge < -0.3 is 10.6 Å². The molecule has 0 spiro atoms. The first kappa shape index (κ1) is 18.9. The van der Waals surface area contributed by atoms with Gasteiger partial charge in [-0.15, -0.1) is 0 Å². The average molecular weight is 405 g/mol. The Morgan fingerprint density at radius 2 is 2.09 bits per heavy atom. The van der Waals surface area contributed by atoms with Gasteiger partial charge in [-0.2, -0.15) is 4.98 Å². The van der Waals surface area contributed by atoms with Gasteiger partial charge in [-0.25, -0.2) is 4.98 Å². The van der Waals surface area contributed by atoms with Crippen LogP contribution in [0.5, 0.6) is 0 Å². The van der Waals surface area contributed by atoms with Crippen molar-refractivity contribution in [1.82, 2.24) is 20.2 Å². The smallest absolute Gasteiger partial charge is 0.224 e. The van der Waals surface area contributed by atoms with Crippen LogP contribution in [0.1, 0.15) is 50.8 Å². The average Bonchev–Trinajstić information content (AvgIpc) is 2.54. The van der Waals surface area contributed by atoms with E-state index in [1.54, 1.807) is 0 Å². The molecule has 0 saturated carbocycles. The fourth-order valence-electron chi connectivity index (χ4n) is 2.78. The number of aromatic nitrogens is 2. The van der Waals surface area contributed by atoms with Gasteiger partial charge >= 0.3 is 0 Å². The number of hydrogen-bond acceptors (Lipinski definition) is 5. The van der Waals surface area contributed by atoms with Crippen LogP contribution in [0.4, 0.5) is 5.95 Å². The Labute approximate surface area is 152 Å². The van der Waals surface area contributed by atoms with E-state index in [4.69, 9.17) is 16.6 Å². The van der Waals surface area contributed by atoms with Gasteiger partial charge in [0.15, 0.2) is 0 Å². The monoisotopic (exact) mass is 403 g/mol. The number of halogens is 2. The lowest BCUT2D eigenvalue weighted by Gasteiger charge is -2.33. The molecule has 1 fully saturated rings. The fraction of sp³-hybridized carbons (Fsp3) is 0.750. The van der Waals surface area contributed by atoms with Crippen molar-refractivity contribution < 1.29 is 0 Å². The lowest BCUT2D eigenvalue weighted by atomic mass is 10.1. The summed E-state index contributed by atoms with van der Waals surface area (Å²) in [5.74, 6) is 0.627. The number of unbranched alkanes of at least 4 members (excludes halogenated alkanes) is 4. The standard InChI is InChI=1S/C16H27BrClN5/c1-3-4-5-6-7-8-20-16-21-14(13(17)15(18)22-16)12-11-19-9-10-23(12)2/h12,19H,3-11H2,1-2H3,(H,20,21,22). The van der Waals surface area contributed by atoms with Crippen LogP contribution >= 0.6 is 27.5 Å². The van der Waals surface area contributed by atoms with Crippen molar-refractivity contribution in [1.29, 1.82) is 0 Å². The van der Waals surface area contributed by atoms with Crippen molar-refractivity contribution in [2.75, 3.05) is 38.5 Å². The van der Waals surface area contributed by atoms with Gasteiger partial charge in [-0.3, -0.25) is 4.90 Å². The molecule has 1 aromatic rings. The van der Waals surface area contributed by atoms with E-state index in [1.807, 2.05) is 0 Å². The van der Waals surface area contributed by atoms with Crippen molar-refractivity contribution in [2.45, 2.75) is 45.1 Å². The third-order valence-corrected chi connectivity index (χ3v) is 5.51. The van der Waals surface area contributed by atoms with Gasteiger partial charge in [-0.05, 0) is 29.4 Å². The molecule has 2 rings (SSSR count). The SMILES string of the molecule is CCCCCCCNc1nc(Cl)c(Br)c(C2CNCCN2C)n1. The minimum Gasteiger partial charge on any atom is -0.354 e. The Hall–Kier alpha value is -0.430. The van der Waals surface area contributed by atoms with E-state index < -0.39 is 0 Å². The number of likely N-dealkylation sites (N-methyl/N-ethyl adjacent to an activating group) is 1. The Kier molecular flexibility index (Phi) is 8.03. The van der Waals surface area contributed by atoms with E-state index in [2.05, 4.69) is 50.4 Å². The highest BCUT2D eigenvalue weighted by atomic mass is 79.9. The number of nitrogens with one attached hydrogen (secondary N) is 2. The van der Waals surface area contributed by atoms with Gasteiger partial charge in [0.05, 0.1) is 16.2 Å². The summed E-state index contributed by atoms with van der Waals surface area (Å²) >= 11 is 9.84. The summed E-state index contributed by atoms with van der Waals surface area (Å²) in [6.45, 7) is 6.00. The molecule has 0 amide bonds. The van der Waals surface area contributed by atoms with Crippen LogP contribution in [0.2, 0.25) is 5.15 Å². The molecule has 0 radical (unpaired) electrons.